The predicted octanol–water partition coefficient (Wildman–Crippen LogP) is 1.76. The van der Waals surface area contributed by atoms with Crippen LogP contribution in [-0.2, 0) is 11.3 Å². The van der Waals surface area contributed by atoms with Gasteiger partial charge in [0.25, 0.3) is 0 Å². The van der Waals surface area contributed by atoms with Gasteiger partial charge in [0.15, 0.2) is 0 Å². The number of likely N-dealkylation sites (tertiary alicyclic amines) is 1. The molecular weight excluding hydrogens is 268 g/mol. The highest BCUT2D eigenvalue weighted by Crippen LogP contribution is 2.08. The van der Waals surface area contributed by atoms with Crippen LogP contribution in [0.1, 0.15) is 24.8 Å². The molecule has 0 radical (unpaired) electrons. The van der Waals surface area contributed by atoms with Gasteiger partial charge in [-0.25, -0.2) is 4.79 Å². The molecule has 0 bridgehead atoms. The Balaban J connectivity index is 1.59. The number of aliphatic hydroxyl groups excluding tert-OH is 1. The van der Waals surface area contributed by atoms with E-state index in [1.54, 1.807) is 0 Å². The molecule has 0 aromatic heterocycles. The van der Waals surface area contributed by atoms with E-state index in [1.807, 2.05) is 30.3 Å². The summed E-state index contributed by atoms with van der Waals surface area (Å²) in [5.41, 5.74) is 0.946. The standard InChI is InChI=1S/C16H24N2O3/c19-15(12-18-9-5-2-6-10-18)11-17-16(20)21-13-14-7-3-1-4-8-14/h1,3-4,7-8,15,19H,2,5-6,9-13H2,(H,17,20). The minimum absolute atomic E-state index is 0.226. The number of alkyl carbamates (subject to hydrolysis) is 1. The van der Waals surface area contributed by atoms with E-state index in [2.05, 4.69) is 10.2 Å². The summed E-state index contributed by atoms with van der Waals surface area (Å²) >= 11 is 0. The molecule has 0 saturated carbocycles. The van der Waals surface area contributed by atoms with Crippen LogP contribution in [0.25, 0.3) is 0 Å². The zero-order chi connectivity index (χ0) is 14.9. The number of ether oxygens (including phenoxy) is 1. The van der Waals surface area contributed by atoms with Crippen molar-refractivity contribution in [2.75, 3.05) is 26.2 Å². The summed E-state index contributed by atoms with van der Waals surface area (Å²) in [6.45, 7) is 3.16. The Morgan fingerprint density at radius 3 is 2.67 bits per heavy atom. The monoisotopic (exact) mass is 292 g/mol. The number of nitrogens with one attached hydrogen (secondary N) is 1. The highest BCUT2D eigenvalue weighted by atomic mass is 16.5. The van der Waals surface area contributed by atoms with Gasteiger partial charge in [-0.15, -0.1) is 0 Å². The zero-order valence-electron chi connectivity index (χ0n) is 12.3. The van der Waals surface area contributed by atoms with E-state index in [0.29, 0.717) is 6.54 Å². The summed E-state index contributed by atoms with van der Waals surface area (Å²) in [4.78, 5) is 13.8. The van der Waals surface area contributed by atoms with Gasteiger partial charge < -0.3 is 20.1 Å². The third-order valence-electron chi connectivity index (χ3n) is 3.61. The molecule has 1 fully saturated rings. The highest BCUT2D eigenvalue weighted by molar-refractivity contribution is 5.67. The largest absolute Gasteiger partial charge is 0.445 e. The Morgan fingerprint density at radius 2 is 1.95 bits per heavy atom. The Bertz CT molecular complexity index is 419. The highest BCUT2D eigenvalue weighted by Gasteiger charge is 2.15. The van der Waals surface area contributed by atoms with Crippen molar-refractivity contribution in [2.24, 2.45) is 0 Å². The number of amides is 1. The lowest BCUT2D eigenvalue weighted by Gasteiger charge is -2.28. The van der Waals surface area contributed by atoms with Crippen molar-refractivity contribution < 1.29 is 14.6 Å². The lowest BCUT2D eigenvalue weighted by Crippen LogP contribution is -2.42. The first-order valence-electron chi connectivity index (χ1n) is 7.59. The summed E-state index contributed by atoms with van der Waals surface area (Å²) in [5, 5.41) is 12.5. The number of carbonyl (C=O) groups is 1. The lowest BCUT2D eigenvalue weighted by atomic mass is 10.1. The summed E-state index contributed by atoms with van der Waals surface area (Å²) in [7, 11) is 0. The molecule has 1 heterocycles. The van der Waals surface area contributed by atoms with Gasteiger partial charge in [-0.2, -0.15) is 0 Å². The number of benzene rings is 1. The molecule has 1 aliphatic heterocycles. The van der Waals surface area contributed by atoms with Crippen LogP contribution in [-0.4, -0.2) is 48.4 Å². The van der Waals surface area contributed by atoms with Crippen LogP contribution in [0.2, 0.25) is 0 Å². The molecule has 1 aromatic rings. The molecule has 5 nitrogen and oxygen atoms in total. The molecule has 1 amide bonds. The molecule has 1 atom stereocenters. The molecule has 116 valence electrons. The van der Waals surface area contributed by atoms with Gasteiger partial charge in [-0.3, -0.25) is 0 Å². The molecule has 1 saturated heterocycles. The number of nitrogens with zero attached hydrogens (tertiary/aromatic N) is 1. The average molecular weight is 292 g/mol. The molecule has 2 N–H and O–H groups in total. The minimum atomic E-state index is -0.549. The predicted molar refractivity (Wildman–Crippen MR) is 80.9 cm³/mol. The molecule has 1 aromatic carbocycles. The number of rotatable bonds is 6. The van der Waals surface area contributed by atoms with Gasteiger partial charge in [0.05, 0.1) is 6.10 Å². The van der Waals surface area contributed by atoms with Crippen molar-refractivity contribution in [1.82, 2.24) is 10.2 Å². The Labute approximate surface area is 125 Å². The summed E-state index contributed by atoms with van der Waals surface area (Å²) in [5.74, 6) is 0. The van der Waals surface area contributed by atoms with Crippen LogP contribution >= 0.6 is 0 Å². The van der Waals surface area contributed by atoms with Crippen molar-refractivity contribution in [2.45, 2.75) is 32.0 Å². The van der Waals surface area contributed by atoms with Gasteiger partial charge in [-0.1, -0.05) is 36.8 Å². The zero-order valence-corrected chi connectivity index (χ0v) is 12.3. The first-order chi connectivity index (χ1) is 10.2. The van der Waals surface area contributed by atoms with Gasteiger partial charge >= 0.3 is 6.09 Å². The van der Waals surface area contributed by atoms with E-state index >= 15 is 0 Å². The van der Waals surface area contributed by atoms with Crippen LogP contribution in [0.3, 0.4) is 0 Å². The second kappa shape index (κ2) is 8.64. The van der Waals surface area contributed by atoms with Gasteiger partial charge in [0, 0.05) is 13.1 Å². The maximum atomic E-state index is 11.6. The molecule has 0 aliphatic carbocycles. The summed E-state index contributed by atoms with van der Waals surface area (Å²) < 4.78 is 5.09. The minimum Gasteiger partial charge on any atom is -0.445 e. The quantitative estimate of drug-likeness (QED) is 0.838. The smallest absolute Gasteiger partial charge is 0.407 e. The number of β-amino-alcohol motifs (C(OH)–C–C–N with tert-alkyl or cyclic N) is 1. The maximum Gasteiger partial charge on any atom is 0.407 e. The first-order valence-corrected chi connectivity index (χ1v) is 7.59. The van der Waals surface area contributed by atoms with Crippen molar-refractivity contribution in [3.63, 3.8) is 0 Å². The van der Waals surface area contributed by atoms with E-state index in [0.717, 1.165) is 18.7 Å². The first kappa shape index (κ1) is 15.8. The second-order valence-electron chi connectivity index (χ2n) is 5.46. The van der Waals surface area contributed by atoms with Gasteiger partial charge in [-0.05, 0) is 31.5 Å². The third kappa shape index (κ3) is 6.14. The van der Waals surface area contributed by atoms with E-state index in [4.69, 9.17) is 4.74 Å². The fraction of sp³-hybridized carbons (Fsp3) is 0.562. The number of carbonyl (C=O) groups excluding carboxylic acids is 1. The van der Waals surface area contributed by atoms with Crippen molar-refractivity contribution in [3.05, 3.63) is 35.9 Å². The topological polar surface area (TPSA) is 61.8 Å². The lowest BCUT2D eigenvalue weighted by molar-refractivity contribution is 0.0927. The second-order valence-corrected chi connectivity index (χ2v) is 5.46. The van der Waals surface area contributed by atoms with E-state index in [-0.39, 0.29) is 13.2 Å². The fourth-order valence-corrected chi connectivity index (χ4v) is 2.48. The number of hydrogen-bond donors (Lipinski definition) is 2. The van der Waals surface area contributed by atoms with E-state index in [9.17, 15) is 9.90 Å². The van der Waals surface area contributed by atoms with Gasteiger partial charge in [0.1, 0.15) is 6.61 Å². The van der Waals surface area contributed by atoms with Crippen molar-refractivity contribution in [3.8, 4) is 0 Å². The summed E-state index contributed by atoms with van der Waals surface area (Å²) in [6.07, 6.45) is 2.62. The van der Waals surface area contributed by atoms with Crippen LogP contribution in [0.15, 0.2) is 30.3 Å². The fourth-order valence-electron chi connectivity index (χ4n) is 2.48. The van der Waals surface area contributed by atoms with Gasteiger partial charge in [0.2, 0.25) is 0 Å². The van der Waals surface area contributed by atoms with Crippen molar-refractivity contribution in [1.29, 1.82) is 0 Å². The number of piperidine rings is 1. The number of hydrogen-bond acceptors (Lipinski definition) is 4. The molecule has 5 heteroatoms. The SMILES string of the molecule is O=C(NCC(O)CN1CCCCC1)OCc1ccccc1. The molecule has 2 rings (SSSR count). The average Bonchev–Trinajstić information content (AvgIpc) is 2.53. The molecule has 1 aliphatic rings. The van der Waals surface area contributed by atoms with Crippen LogP contribution in [0, 0.1) is 0 Å². The Morgan fingerprint density at radius 1 is 1.24 bits per heavy atom. The molecule has 1 unspecified atom stereocenters. The maximum absolute atomic E-state index is 11.6. The Hall–Kier alpha value is -1.59. The van der Waals surface area contributed by atoms with Crippen LogP contribution < -0.4 is 5.32 Å². The van der Waals surface area contributed by atoms with Crippen LogP contribution in [0.4, 0.5) is 4.79 Å². The molecular formula is C16H24N2O3. The van der Waals surface area contributed by atoms with Crippen molar-refractivity contribution >= 4 is 6.09 Å². The van der Waals surface area contributed by atoms with E-state index < -0.39 is 12.2 Å². The summed E-state index contributed by atoms with van der Waals surface area (Å²) in [6, 6.07) is 9.52. The van der Waals surface area contributed by atoms with E-state index in [1.165, 1.54) is 19.3 Å². The third-order valence-corrected chi connectivity index (χ3v) is 3.61. The Kier molecular flexibility index (Phi) is 6.50. The normalized spacial score (nSPS) is 17.2. The molecule has 21 heavy (non-hydrogen) atoms. The molecule has 0 spiro atoms. The van der Waals surface area contributed by atoms with Crippen LogP contribution in [0.5, 0.6) is 0 Å². The number of aliphatic hydroxyl groups is 1.